The maximum Gasteiger partial charge on any atom is 0.306 e. The molecular formula is C50H100NO7P. The van der Waals surface area contributed by atoms with Crippen molar-refractivity contribution in [2.75, 3.05) is 54.1 Å². The number of phosphoric acid groups is 1. The standard InChI is InChI=1S/C50H100NO7P/c1-6-8-10-12-14-16-18-20-22-23-24-25-26-27-28-29-31-33-35-37-39-41-43-50(52)58-49(48-57-59(53,54)56-46-44-51(3,4)5)47-55-45-42-40-38-36-34-32-30-21-19-17-15-13-11-9-7-2/h19,21,49H,6-18,20,22-48H2,1-5H3/b21-19-. The van der Waals surface area contributed by atoms with Gasteiger partial charge in [0.05, 0.1) is 34.4 Å². The van der Waals surface area contributed by atoms with Gasteiger partial charge >= 0.3 is 5.97 Å². The number of carbonyl (C=O) groups is 1. The van der Waals surface area contributed by atoms with E-state index in [1.54, 1.807) is 0 Å². The number of phosphoric ester groups is 1. The first kappa shape index (κ1) is 58.2. The molecule has 0 radical (unpaired) electrons. The Morgan fingerprint density at radius 2 is 0.881 bits per heavy atom. The van der Waals surface area contributed by atoms with Crippen LogP contribution in [-0.4, -0.2) is 70.7 Å². The summed E-state index contributed by atoms with van der Waals surface area (Å²) >= 11 is 0. The highest BCUT2D eigenvalue weighted by atomic mass is 31.2. The molecule has 0 aromatic rings. The van der Waals surface area contributed by atoms with E-state index in [9.17, 15) is 14.3 Å². The molecule has 352 valence electrons. The third-order valence-corrected chi connectivity index (χ3v) is 12.3. The van der Waals surface area contributed by atoms with Crippen LogP contribution in [0.4, 0.5) is 0 Å². The maximum absolute atomic E-state index is 12.7. The predicted molar refractivity (Wildman–Crippen MR) is 250 cm³/mol. The predicted octanol–water partition coefficient (Wildman–Crippen LogP) is 14.8. The summed E-state index contributed by atoms with van der Waals surface area (Å²) < 4.78 is 34.7. The van der Waals surface area contributed by atoms with Crippen molar-refractivity contribution in [2.24, 2.45) is 0 Å². The molecule has 59 heavy (non-hydrogen) atoms. The highest BCUT2D eigenvalue weighted by molar-refractivity contribution is 7.45. The zero-order chi connectivity index (χ0) is 43.4. The molecule has 0 aliphatic rings. The van der Waals surface area contributed by atoms with Crippen LogP contribution in [0.3, 0.4) is 0 Å². The molecule has 0 aliphatic heterocycles. The van der Waals surface area contributed by atoms with Gasteiger partial charge in [0, 0.05) is 13.0 Å². The Bertz CT molecular complexity index is 956. The van der Waals surface area contributed by atoms with Crippen molar-refractivity contribution < 1.29 is 37.3 Å². The van der Waals surface area contributed by atoms with Crippen molar-refractivity contribution in [3.8, 4) is 0 Å². The summed E-state index contributed by atoms with van der Waals surface area (Å²) in [5, 5.41) is 0. The molecule has 0 aromatic carbocycles. The van der Waals surface area contributed by atoms with Crippen molar-refractivity contribution in [2.45, 2.75) is 251 Å². The lowest BCUT2D eigenvalue weighted by Gasteiger charge is -2.28. The third kappa shape index (κ3) is 48.1. The summed E-state index contributed by atoms with van der Waals surface area (Å²) in [6, 6.07) is 0. The maximum atomic E-state index is 12.7. The molecule has 0 spiro atoms. The molecule has 0 N–H and O–H groups in total. The van der Waals surface area contributed by atoms with Crippen LogP contribution in [-0.2, 0) is 27.9 Å². The monoisotopic (exact) mass is 858 g/mol. The topological polar surface area (TPSA) is 94.1 Å². The molecule has 0 fully saturated rings. The number of carbonyl (C=O) groups excluding carboxylic acids is 1. The average Bonchev–Trinajstić information content (AvgIpc) is 3.19. The summed E-state index contributed by atoms with van der Waals surface area (Å²) in [6.07, 6.45) is 49.5. The molecule has 8 nitrogen and oxygen atoms in total. The van der Waals surface area contributed by atoms with Crippen LogP contribution in [0.25, 0.3) is 0 Å². The van der Waals surface area contributed by atoms with Gasteiger partial charge in [0.2, 0.25) is 0 Å². The Balaban J connectivity index is 4.09. The summed E-state index contributed by atoms with van der Waals surface area (Å²) in [6.45, 7) is 5.45. The van der Waals surface area contributed by atoms with Crippen LogP contribution in [0, 0.1) is 0 Å². The van der Waals surface area contributed by atoms with Crippen molar-refractivity contribution in [1.82, 2.24) is 0 Å². The minimum Gasteiger partial charge on any atom is -0.756 e. The van der Waals surface area contributed by atoms with E-state index >= 15 is 0 Å². The Labute approximate surface area is 367 Å². The minimum absolute atomic E-state index is 0.0284. The van der Waals surface area contributed by atoms with Gasteiger partial charge in [-0.15, -0.1) is 0 Å². The zero-order valence-corrected chi connectivity index (χ0v) is 40.9. The van der Waals surface area contributed by atoms with Crippen molar-refractivity contribution in [3.63, 3.8) is 0 Å². The highest BCUT2D eigenvalue weighted by Crippen LogP contribution is 2.38. The number of allylic oxidation sites excluding steroid dienone is 2. The van der Waals surface area contributed by atoms with Crippen LogP contribution >= 0.6 is 7.82 Å². The van der Waals surface area contributed by atoms with Crippen LogP contribution in [0.5, 0.6) is 0 Å². The van der Waals surface area contributed by atoms with Gasteiger partial charge in [-0.2, -0.15) is 0 Å². The number of esters is 1. The summed E-state index contributed by atoms with van der Waals surface area (Å²) in [5.41, 5.74) is 0. The molecule has 0 saturated heterocycles. The number of unbranched alkanes of at least 4 members (excludes halogenated alkanes) is 32. The molecule has 0 rings (SSSR count). The number of nitrogens with zero attached hydrogens (tertiary/aromatic N) is 1. The van der Waals surface area contributed by atoms with Crippen LogP contribution in [0.15, 0.2) is 12.2 Å². The molecular weight excluding hydrogens is 758 g/mol. The quantitative estimate of drug-likeness (QED) is 0.0198. The lowest BCUT2D eigenvalue weighted by Crippen LogP contribution is -2.37. The highest BCUT2D eigenvalue weighted by Gasteiger charge is 2.20. The second-order valence-electron chi connectivity index (χ2n) is 18.5. The molecule has 0 bridgehead atoms. The van der Waals surface area contributed by atoms with Crippen LogP contribution < -0.4 is 4.89 Å². The van der Waals surface area contributed by atoms with E-state index < -0.39 is 13.9 Å². The van der Waals surface area contributed by atoms with E-state index in [-0.39, 0.29) is 25.8 Å². The van der Waals surface area contributed by atoms with Gasteiger partial charge in [-0.3, -0.25) is 9.36 Å². The fourth-order valence-corrected chi connectivity index (χ4v) is 8.10. The normalized spacial score (nSPS) is 13.7. The minimum atomic E-state index is -4.52. The number of likely N-dealkylation sites (N-methyl/N-ethyl adjacent to an activating group) is 1. The smallest absolute Gasteiger partial charge is 0.306 e. The molecule has 0 heterocycles. The zero-order valence-electron chi connectivity index (χ0n) is 40.0. The second-order valence-corrected chi connectivity index (χ2v) is 19.9. The van der Waals surface area contributed by atoms with Gasteiger partial charge in [0.25, 0.3) is 7.82 Å². The van der Waals surface area contributed by atoms with E-state index in [4.69, 9.17) is 18.5 Å². The van der Waals surface area contributed by atoms with E-state index in [1.807, 2.05) is 21.1 Å². The van der Waals surface area contributed by atoms with E-state index in [0.29, 0.717) is 24.1 Å². The number of quaternary nitrogens is 1. The Morgan fingerprint density at radius 1 is 0.508 bits per heavy atom. The summed E-state index contributed by atoms with van der Waals surface area (Å²) in [4.78, 5) is 25.1. The fraction of sp³-hybridized carbons (Fsp3) is 0.940. The van der Waals surface area contributed by atoms with Crippen LogP contribution in [0.1, 0.15) is 245 Å². The van der Waals surface area contributed by atoms with E-state index in [1.165, 1.54) is 193 Å². The van der Waals surface area contributed by atoms with Gasteiger partial charge in [-0.05, 0) is 38.5 Å². The van der Waals surface area contributed by atoms with Gasteiger partial charge in [0.15, 0.2) is 0 Å². The van der Waals surface area contributed by atoms with Gasteiger partial charge < -0.3 is 27.9 Å². The van der Waals surface area contributed by atoms with Crippen molar-refractivity contribution in [3.05, 3.63) is 12.2 Å². The summed E-state index contributed by atoms with van der Waals surface area (Å²) in [5.74, 6) is -0.330. The van der Waals surface area contributed by atoms with Gasteiger partial charge in [-0.1, -0.05) is 212 Å². The molecule has 2 atom stereocenters. The molecule has 0 aromatic heterocycles. The molecule has 0 aliphatic carbocycles. The SMILES string of the molecule is CCCCCCC/C=C\CCCCCCCCOCC(COP(=O)([O-])OCC[N+](C)(C)C)OC(=O)CCCCCCCCCCCCCCCCCCCCCCCC. The Morgan fingerprint density at radius 3 is 1.29 bits per heavy atom. The van der Waals surface area contributed by atoms with Crippen molar-refractivity contribution in [1.29, 1.82) is 0 Å². The Kier molecular flexibility index (Phi) is 43.3. The molecule has 9 heteroatoms. The van der Waals surface area contributed by atoms with Gasteiger partial charge in [0.1, 0.15) is 19.3 Å². The lowest BCUT2D eigenvalue weighted by atomic mass is 10.0. The number of hydrogen-bond donors (Lipinski definition) is 0. The lowest BCUT2D eigenvalue weighted by molar-refractivity contribution is -0.870. The second kappa shape index (κ2) is 43.9. The molecule has 0 amide bonds. The number of hydrogen-bond acceptors (Lipinski definition) is 7. The van der Waals surface area contributed by atoms with Gasteiger partial charge in [-0.25, -0.2) is 0 Å². The number of ether oxygens (including phenoxy) is 2. The largest absolute Gasteiger partial charge is 0.756 e. The van der Waals surface area contributed by atoms with Crippen LogP contribution in [0.2, 0.25) is 0 Å². The van der Waals surface area contributed by atoms with E-state index in [2.05, 4.69) is 26.0 Å². The first-order chi connectivity index (χ1) is 28.6. The van der Waals surface area contributed by atoms with Crippen molar-refractivity contribution >= 4 is 13.8 Å². The fourth-order valence-electron chi connectivity index (χ4n) is 7.37. The molecule has 0 saturated carbocycles. The first-order valence-electron chi connectivity index (χ1n) is 25.4. The third-order valence-electron chi connectivity index (χ3n) is 11.3. The van der Waals surface area contributed by atoms with E-state index in [0.717, 1.165) is 32.1 Å². The molecule has 2 unspecified atom stereocenters. The first-order valence-corrected chi connectivity index (χ1v) is 26.9. The Hall–Kier alpha value is -0.760. The summed E-state index contributed by atoms with van der Waals surface area (Å²) in [7, 11) is 1.37. The number of rotatable bonds is 48. The average molecular weight is 858 g/mol.